The fraction of sp³-hybridized carbons (Fsp3) is 0.200. The number of pyridine rings is 1. The number of allylic oxidation sites excluding steroid dienone is 2. The van der Waals surface area contributed by atoms with E-state index in [2.05, 4.69) is 22.0 Å². The van der Waals surface area contributed by atoms with Gasteiger partial charge in [-0.25, -0.2) is 4.98 Å². The molecule has 104 valence electrons. The van der Waals surface area contributed by atoms with E-state index < -0.39 is 0 Å². The van der Waals surface area contributed by atoms with Crippen LogP contribution in [0.4, 0.5) is 5.82 Å². The minimum absolute atomic E-state index is 0.429. The molecule has 0 saturated heterocycles. The number of aryl methyl sites for hydroxylation is 1. The van der Waals surface area contributed by atoms with Crippen LogP contribution in [0, 0.1) is 0 Å². The molecule has 5 nitrogen and oxygen atoms in total. The molecule has 2 aromatic rings. The van der Waals surface area contributed by atoms with Gasteiger partial charge >= 0.3 is 0 Å². The first-order valence-corrected chi connectivity index (χ1v) is 6.30. The number of aromatic nitrogens is 3. The zero-order valence-electron chi connectivity index (χ0n) is 11.7. The summed E-state index contributed by atoms with van der Waals surface area (Å²) in [6, 6.07) is 1.97. The maximum atomic E-state index is 5.51. The molecule has 0 aliphatic heterocycles. The van der Waals surface area contributed by atoms with Crippen molar-refractivity contribution in [2.45, 2.75) is 6.61 Å². The molecule has 0 unspecified atom stereocenters. The van der Waals surface area contributed by atoms with Crippen LogP contribution < -0.4 is 5.32 Å². The van der Waals surface area contributed by atoms with Gasteiger partial charge in [-0.3, -0.25) is 4.68 Å². The van der Waals surface area contributed by atoms with Gasteiger partial charge in [-0.1, -0.05) is 12.7 Å². The Labute approximate surface area is 118 Å². The molecule has 0 radical (unpaired) electrons. The Bertz CT molecular complexity index is 616. The van der Waals surface area contributed by atoms with Crippen molar-refractivity contribution in [3.05, 3.63) is 55.2 Å². The maximum absolute atomic E-state index is 5.51. The highest BCUT2D eigenvalue weighted by molar-refractivity contribution is 5.70. The van der Waals surface area contributed by atoms with Crippen LogP contribution in [0.5, 0.6) is 0 Å². The van der Waals surface area contributed by atoms with Crippen molar-refractivity contribution in [3.63, 3.8) is 0 Å². The third-order valence-electron chi connectivity index (χ3n) is 2.85. The minimum atomic E-state index is 0.429. The van der Waals surface area contributed by atoms with Crippen molar-refractivity contribution in [1.29, 1.82) is 0 Å². The lowest BCUT2D eigenvalue weighted by molar-refractivity contribution is 0.237. The number of anilines is 1. The third-order valence-corrected chi connectivity index (χ3v) is 2.85. The fourth-order valence-corrected chi connectivity index (χ4v) is 1.93. The number of hydrogen-bond acceptors (Lipinski definition) is 4. The van der Waals surface area contributed by atoms with Crippen molar-refractivity contribution in [1.82, 2.24) is 14.8 Å². The van der Waals surface area contributed by atoms with Crippen LogP contribution in [0.1, 0.15) is 5.56 Å². The number of ether oxygens (including phenoxy) is 1. The molecule has 2 aromatic heterocycles. The van der Waals surface area contributed by atoms with E-state index in [-0.39, 0.29) is 0 Å². The second-order valence-electron chi connectivity index (χ2n) is 4.21. The molecule has 0 atom stereocenters. The SMILES string of the molecule is C=C/C=C/OCc1c(-c2cnn(C)c2)ccnc1NC. The van der Waals surface area contributed by atoms with Crippen LogP contribution in [0.25, 0.3) is 11.1 Å². The molecule has 20 heavy (non-hydrogen) atoms. The monoisotopic (exact) mass is 270 g/mol. The summed E-state index contributed by atoms with van der Waals surface area (Å²) < 4.78 is 7.29. The highest BCUT2D eigenvalue weighted by atomic mass is 16.5. The van der Waals surface area contributed by atoms with E-state index in [1.807, 2.05) is 32.6 Å². The van der Waals surface area contributed by atoms with Gasteiger partial charge in [0.1, 0.15) is 12.4 Å². The second kappa shape index (κ2) is 6.56. The standard InChI is InChI=1S/C15H18N4O/c1-4-5-8-20-11-14-13(6-7-17-15(14)16-2)12-9-18-19(3)10-12/h4-10H,1,11H2,2-3H3,(H,16,17)/b8-5+. The van der Waals surface area contributed by atoms with Crippen LogP contribution >= 0.6 is 0 Å². The van der Waals surface area contributed by atoms with E-state index in [1.165, 1.54) is 0 Å². The highest BCUT2D eigenvalue weighted by Crippen LogP contribution is 2.28. The first kappa shape index (κ1) is 13.9. The molecule has 1 N–H and O–H groups in total. The van der Waals surface area contributed by atoms with Gasteiger partial charge in [0.15, 0.2) is 0 Å². The van der Waals surface area contributed by atoms with Crippen molar-refractivity contribution in [3.8, 4) is 11.1 Å². The van der Waals surface area contributed by atoms with Gasteiger partial charge in [-0.05, 0) is 17.7 Å². The van der Waals surface area contributed by atoms with E-state index in [1.54, 1.807) is 29.3 Å². The lowest BCUT2D eigenvalue weighted by Crippen LogP contribution is -2.01. The molecule has 0 amide bonds. The Kier molecular flexibility index (Phi) is 4.55. The topological polar surface area (TPSA) is 52.0 Å². The van der Waals surface area contributed by atoms with E-state index >= 15 is 0 Å². The smallest absolute Gasteiger partial charge is 0.132 e. The summed E-state index contributed by atoms with van der Waals surface area (Å²) in [5.74, 6) is 0.804. The zero-order valence-corrected chi connectivity index (χ0v) is 11.7. The van der Waals surface area contributed by atoms with Gasteiger partial charge in [0.25, 0.3) is 0 Å². The fourth-order valence-electron chi connectivity index (χ4n) is 1.93. The molecule has 0 aromatic carbocycles. The Balaban J connectivity index is 2.35. The third kappa shape index (κ3) is 3.06. The van der Waals surface area contributed by atoms with Crippen LogP contribution in [0.15, 0.2) is 49.6 Å². The summed E-state index contributed by atoms with van der Waals surface area (Å²) in [6.07, 6.45) is 10.6. The van der Waals surface area contributed by atoms with E-state index in [9.17, 15) is 0 Å². The summed E-state index contributed by atoms with van der Waals surface area (Å²) >= 11 is 0. The summed E-state index contributed by atoms with van der Waals surface area (Å²) in [6.45, 7) is 4.03. The lowest BCUT2D eigenvalue weighted by atomic mass is 10.0. The number of hydrogen-bond donors (Lipinski definition) is 1. The van der Waals surface area contributed by atoms with Gasteiger partial charge in [0, 0.05) is 37.6 Å². The Morgan fingerprint density at radius 3 is 3.00 bits per heavy atom. The zero-order chi connectivity index (χ0) is 14.4. The predicted octanol–water partition coefficient (Wildman–Crippen LogP) is 2.74. The second-order valence-corrected chi connectivity index (χ2v) is 4.21. The lowest BCUT2D eigenvalue weighted by Gasteiger charge is -2.12. The molecular weight excluding hydrogens is 252 g/mol. The summed E-state index contributed by atoms with van der Waals surface area (Å²) in [5, 5.41) is 7.30. The van der Waals surface area contributed by atoms with Crippen LogP contribution in [-0.4, -0.2) is 21.8 Å². The molecule has 0 aliphatic carbocycles. The quantitative estimate of drug-likeness (QED) is 0.647. The molecule has 0 bridgehead atoms. The molecule has 0 fully saturated rings. The normalized spacial score (nSPS) is 10.7. The average molecular weight is 270 g/mol. The highest BCUT2D eigenvalue weighted by Gasteiger charge is 2.12. The Morgan fingerprint density at radius 1 is 1.50 bits per heavy atom. The Morgan fingerprint density at radius 2 is 2.35 bits per heavy atom. The van der Waals surface area contributed by atoms with Gasteiger partial charge in [0.05, 0.1) is 12.5 Å². The van der Waals surface area contributed by atoms with Gasteiger partial charge in [-0.15, -0.1) is 0 Å². The summed E-state index contributed by atoms with van der Waals surface area (Å²) in [7, 11) is 3.74. The summed E-state index contributed by atoms with van der Waals surface area (Å²) in [4.78, 5) is 4.33. The largest absolute Gasteiger partial charge is 0.496 e. The van der Waals surface area contributed by atoms with Crippen LogP contribution in [0.2, 0.25) is 0 Å². The van der Waals surface area contributed by atoms with Crippen molar-refractivity contribution < 1.29 is 4.74 Å². The van der Waals surface area contributed by atoms with E-state index in [0.29, 0.717) is 6.61 Å². The first-order chi connectivity index (χ1) is 9.76. The molecule has 0 spiro atoms. The van der Waals surface area contributed by atoms with Crippen molar-refractivity contribution in [2.24, 2.45) is 7.05 Å². The molecule has 0 saturated carbocycles. The predicted molar refractivity (Wildman–Crippen MR) is 80.1 cm³/mol. The molecule has 0 aliphatic rings. The molecular formula is C15H18N4O. The summed E-state index contributed by atoms with van der Waals surface area (Å²) in [5.41, 5.74) is 3.10. The van der Waals surface area contributed by atoms with E-state index in [4.69, 9.17) is 4.74 Å². The first-order valence-electron chi connectivity index (χ1n) is 6.30. The minimum Gasteiger partial charge on any atom is -0.496 e. The average Bonchev–Trinajstić information content (AvgIpc) is 2.90. The van der Waals surface area contributed by atoms with E-state index in [0.717, 1.165) is 22.5 Å². The van der Waals surface area contributed by atoms with Crippen LogP contribution in [-0.2, 0) is 18.4 Å². The van der Waals surface area contributed by atoms with Crippen LogP contribution in [0.3, 0.4) is 0 Å². The van der Waals surface area contributed by atoms with Crippen molar-refractivity contribution in [2.75, 3.05) is 12.4 Å². The van der Waals surface area contributed by atoms with Gasteiger partial charge in [-0.2, -0.15) is 5.10 Å². The number of rotatable bonds is 6. The molecule has 2 heterocycles. The Hall–Kier alpha value is -2.56. The maximum Gasteiger partial charge on any atom is 0.132 e. The molecule has 5 heteroatoms. The van der Waals surface area contributed by atoms with Gasteiger partial charge in [0.2, 0.25) is 0 Å². The number of nitrogens with one attached hydrogen (secondary N) is 1. The number of nitrogens with zero attached hydrogens (tertiary/aromatic N) is 3. The van der Waals surface area contributed by atoms with Crippen molar-refractivity contribution >= 4 is 5.82 Å². The van der Waals surface area contributed by atoms with Gasteiger partial charge < -0.3 is 10.1 Å². The molecule has 2 rings (SSSR count).